The summed E-state index contributed by atoms with van der Waals surface area (Å²) in [7, 11) is 0. The summed E-state index contributed by atoms with van der Waals surface area (Å²) in [5.41, 5.74) is 20.6. The van der Waals surface area contributed by atoms with Gasteiger partial charge in [0.15, 0.2) is 5.84 Å². The maximum Gasteiger partial charge on any atom is 0.154 e. The molecule has 0 saturated heterocycles. The van der Waals surface area contributed by atoms with Crippen LogP contribution in [0.15, 0.2) is 169 Å². The molecular weight excluding hydrogens is 597 g/mol. The average molecular weight is 627 g/mol. The van der Waals surface area contributed by atoms with Gasteiger partial charge in [0.05, 0.1) is 22.1 Å². The van der Waals surface area contributed by atoms with E-state index in [0.29, 0.717) is 5.84 Å². The average Bonchev–Trinajstić information content (AvgIpc) is 3.65. The molecule has 4 heteroatoms. The molecule has 1 aliphatic heterocycles. The molecule has 8 aromatic rings. The summed E-state index contributed by atoms with van der Waals surface area (Å²) >= 11 is 0. The predicted molar refractivity (Wildman–Crippen MR) is 201 cm³/mol. The van der Waals surface area contributed by atoms with Gasteiger partial charge in [-0.05, 0) is 62.7 Å². The van der Waals surface area contributed by atoms with Crippen LogP contribution in [0.5, 0.6) is 0 Å². The van der Waals surface area contributed by atoms with E-state index in [0.717, 1.165) is 22.3 Å². The zero-order valence-corrected chi connectivity index (χ0v) is 26.6. The Morgan fingerprint density at radius 1 is 0.551 bits per heavy atom. The van der Waals surface area contributed by atoms with Crippen LogP contribution in [0.25, 0.3) is 49.7 Å². The number of amidine groups is 2. The lowest BCUT2D eigenvalue weighted by Gasteiger charge is -2.39. The number of para-hydroxylation sites is 3. The van der Waals surface area contributed by atoms with Gasteiger partial charge >= 0.3 is 0 Å². The molecule has 1 unspecified atom stereocenters. The lowest BCUT2D eigenvalue weighted by Crippen LogP contribution is -2.33. The highest BCUT2D eigenvalue weighted by atomic mass is 15.0. The lowest BCUT2D eigenvalue weighted by molar-refractivity contribution is 0.749. The molecule has 230 valence electrons. The van der Waals surface area contributed by atoms with Gasteiger partial charge < -0.3 is 10.3 Å². The standard InChI is InChI=1S/C45H30N4/c46-43(28-13-2-1-3-14-28)48-44(47)35-18-5-4-15-30(35)29-25-26-32-31-16-6-8-20-36(31)45(39(32)27-29)37-21-9-11-24-41(37)49-40-23-10-7-17-33(40)34-19-12-22-38(45)42(34)49/h1-27H,(H3,46,47,48). The molecule has 1 aliphatic carbocycles. The molecule has 0 fully saturated rings. The second kappa shape index (κ2) is 10.2. The van der Waals surface area contributed by atoms with Gasteiger partial charge in [0.1, 0.15) is 5.84 Å². The van der Waals surface area contributed by atoms with Crippen molar-refractivity contribution in [3.05, 3.63) is 197 Å². The van der Waals surface area contributed by atoms with Crippen molar-refractivity contribution in [1.82, 2.24) is 4.57 Å². The Bertz CT molecular complexity index is 2700. The van der Waals surface area contributed by atoms with Crippen molar-refractivity contribution >= 4 is 33.5 Å². The number of benzene rings is 7. The van der Waals surface area contributed by atoms with Crippen LogP contribution in [0.2, 0.25) is 0 Å². The highest BCUT2D eigenvalue weighted by Gasteiger charge is 2.50. The zero-order chi connectivity index (χ0) is 32.7. The largest absolute Gasteiger partial charge is 0.383 e. The van der Waals surface area contributed by atoms with Crippen molar-refractivity contribution in [1.29, 1.82) is 5.41 Å². The molecule has 49 heavy (non-hydrogen) atoms. The molecule has 7 aromatic carbocycles. The van der Waals surface area contributed by atoms with Gasteiger partial charge in [-0.2, -0.15) is 0 Å². The van der Waals surface area contributed by atoms with E-state index in [1.54, 1.807) is 0 Å². The molecule has 0 amide bonds. The van der Waals surface area contributed by atoms with Gasteiger partial charge in [-0.25, -0.2) is 4.99 Å². The summed E-state index contributed by atoms with van der Waals surface area (Å²) in [4.78, 5) is 4.57. The van der Waals surface area contributed by atoms with E-state index in [2.05, 4.69) is 125 Å². The summed E-state index contributed by atoms with van der Waals surface area (Å²) in [6.07, 6.45) is 0. The van der Waals surface area contributed by atoms with Crippen LogP contribution in [-0.2, 0) is 5.41 Å². The van der Waals surface area contributed by atoms with Crippen molar-refractivity contribution in [3.8, 4) is 27.9 Å². The van der Waals surface area contributed by atoms with E-state index < -0.39 is 5.41 Å². The SMILES string of the molecule is N=C(/N=C(\N)c1ccccc1)c1ccccc1-c1ccc2c(c1)C1(c3ccccc3-2)c2ccccc2-n2c3ccccc3c3cccc1c32. The Morgan fingerprint density at radius 2 is 1.20 bits per heavy atom. The third-order valence-corrected chi connectivity index (χ3v) is 10.5. The number of nitrogens with one attached hydrogen (secondary N) is 1. The van der Waals surface area contributed by atoms with E-state index in [1.807, 2.05) is 48.5 Å². The Hall–Kier alpha value is -6.52. The van der Waals surface area contributed by atoms with Crippen LogP contribution < -0.4 is 5.73 Å². The number of aliphatic imine (C=N–C) groups is 1. The van der Waals surface area contributed by atoms with Crippen LogP contribution in [0.3, 0.4) is 0 Å². The molecule has 0 saturated carbocycles. The molecule has 0 radical (unpaired) electrons. The van der Waals surface area contributed by atoms with Gasteiger partial charge in [0.2, 0.25) is 0 Å². The lowest BCUT2D eigenvalue weighted by atomic mass is 9.65. The fraction of sp³-hybridized carbons (Fsp3) is 0.0222. The Balaban J connectivity index is 1.25. The summed E-state index contributed by atoms with van der Waals surface area (Å²) in [6.45, 7) is 0. The van der Waals surface area contributed by atoms with Gasteiger partial charge in [0.25, 0.3) is 0 Å². The molecule has 3 N–H and O–H groups in total. The zero-order valence-electron chi connectivity index (χ0n) is 26.6. The number of nitrogens with zero attached hydrogens (tertiary/aromatic N) is 2. The van der Waals surface area contributed by atoms with Gasteiger partial charge in [-0.15, -0.1) is 0 Å². The number of rotatable bonds is 3. The Labute approximate surface area is 284 Å². The highest BCUT2D eigenvalue weighted by Crippen LogP contribution is 2.61. The quantitative estimate of drug-likeness (QED) is 0.149. The normalized spacial score (nSPS) is 15.7. The number of nitrogens with two attached hydrogens (primary N) is 1. The fourth-order valence-electron chi connectivity index (χ4n) is 8.53. The van der Waals surface area contributed by atoms with E-state index in [9.17, 15) is 0 Å². The minimum absolute atomic E-state index is 0.132. The molecule has 0 bridgehead atoms. The van der Waals surface area contributed by atoms with Crippen LogP contribution in [0.1, 0.15) is 33.4 Å². The number of hydrogen-bond donors (Lipinski definition) is 2. The maximum atomic E-state index is 9.08. The minimum atomic E-state index is -0.541. The monoisotopic (exact) mass is 626 g/mol. The summed E-state index contributed by atoms with van der Waals surface area (Å²) in [5.74, 6) is 0.457. The van der Waals surface area contributed by atoms with Crippen molar-refractivity contribution in [2.75, 3.05) is 0 Å². The van der Waals surface area contributed by atoms with E-state index >= 15 is 0 Å². The van der Waals surface area contributed by atoms with E-state index in [4.69, 9.17) is 11.1 Å². The molecule has 4 nitrogen and oxygen atoms in total. The molecule has 10 rings (SSSR count). The number of fused-ring (bicyclic) bond motifs is 12. The van der Waals surface area contributed by atoms with Crippen LogP contribution in [0.4, 0.5) is 0 Å². The third kappa shape index (κ3) is 3.68. The summed E-state index contributed by atoms with van der Waals surface area (Å²) in [5, 5.41) is 11.6. The smallest absolute Gasteiger partial charge is 0.154 e. The fourth-order valence-corrected chi connectivity index (χ4v) is 8.53. The van der Waals surface area contributed by atoms with Crippen LogP contribution in [0, 0.1) is 5.41 Å². The summed E-state index contributed by atoms with van der Waals surface area (Å²) in [6, 6.07) is 57.9. The second-order valence-electron chi connectivity index (χ2n) is 12.9. The van der Waals surface area contributed by atoms with E-state index in [1.165, 1.54) is 60.9 Å². The van der Waals surface area contributed by atoms with Crippen LogP contribution >= 0.6 is 0 Å². The first-order valence-electron chi connectivity index (χ1n) is 16.6. The van der Waals surface area contributed by atoms with Crippen molar-refractivity contribution in [3.63, 3.8) is 0 Å². The number of aromatic nitrogens is 1. The maximum absolute atomic E-state index is 9.08. The molecule has 2 heterocycles. The topological polar surface area (TPSA) is 67.2 Å². The Morgan fingerprint density at radius 3 is 2.08 bits per heavy atom. The minimum Gasteiger partial charge on any atom is -0.383 e. The van der Waals surface area contributed by atoms with Gasteiger partial charge in [-0.3, -0.25) is 5.41 Å². The molecular formula is C45H30N4. The summed E-state index contributed by atoms with van der Waals surface area (Å²) < 4.78 is 2.47. The van der Waals surface area contributed by atoms with Gasteiger partial charge in [0, 0.05) is 21.9 Å². The molecule has 1 atom stereocenters. The first-order valence-corrected chi connectivity index (χ1v) is 16.6. The van der Waals surface area contributed by atoms with E-state index in [-0.39, 0.29) is 5.84 Å². The first kappa shape index (κ1) is 27.6. The van der Waals surface area contributed by atoms with Crippen molar-refractivity contribution < 1.29 is 0 Å². The second-order valence-corrected chi connectivity index (χ2v) is 12.9. The molecule has 2 aliphatic rings. The predicted octanol–water partition coefficient (Wildman–Crippen LogP) is 9.86. The third-order valence-electron chi connectivity index (χ3n) is 10.5. The van der Waals surface area contributed by atoms with Crippen LogP contribution in [-0.4, -0.2) is 16.2 Å². The highest BCUT2D eigenvalue weighted by molar-refractivity contribution is 6.14. The Kier molecular flexibility index (Phi) is 5.76. The van der Waals surface area contributed by atoms with Gasteiger partial charge in [-0.1, -0.05) is 146 Å². The van der Waals surface area contributed by atoms with Crippen molar-refractivity contribution in [2.24, 2.45) is 10.7 Å². The van der Waals surface area contributed by atoms with Crippen molar-refractivity contribution in [2.45, 2.75) is 5.41 Å². The molecule has 1 aromatic heterocycles. The molecule has 1 spiro atoms. The first-order chi connectivity index (χ1) is 24.2. The number of hydrogen-bond acceptors (Lipinski definition) is 1.